The van der Waals surface area contributed by atoms with Crippen molar-refractivity contribution < 1.29 is 4.74 Å². The quantitative estimate of drug-likeness (QED) is 0.827. The normalized spacial score (nSPS) is 26.3. The van der Waals surface area contributed by atoms with Crippen LogP contribution in [-0.2, 0) is 11.3 Å². The topological polar surface area (TPSA) is 53.5 Å². The number of piperazine rings is 1. The third-order valence-corrected chi connectivity index (χ3v) is 5.30. The zero-order chi connectivity index (χ0) is 16.8. The first kappa shape index (κ1) is 17.6. The average molecular weight is 333 g/mol. The zero-order valence-corrected chi connectivity index (χ0v) is 15.1. The first-order chi connectivity index (χ1) is 11.8. The molecule has 6 nitrogen and oxygen atoms in total. The van der Waals surface area contributed by atoms with Gasteiger partial charge in [-0.25, -0.2) is 9.97 Å². The molecule has 1 aromatic rings. The number of hydrogen-bond donors (Lipinski definition) is 1. The number of likely N-dealkylation sites (N-methyl/N-ethyl adjacent to an activating group) is 1. The number of nitrogens with one attached hydrogen (secondary N) is 1. The summed E-state index contributed by atoms with van der Waals surface area (Å²) in [4.78, 5) is 13.8. The molecular weight excluding hydrogens is 302 g/mol. The third-order valence-electron chi connectivity index (χ3n) is 5.30. The van der Waals surface area contributed by atoms with Crippen LogP contribution < -0.4 is 10.2 Å². The van der Waals surface area contributed by atoms with Crippen LogP contribution in [0.25, 0.3) is 0 Å². The Morgan fingerprint density at radius 1 is 1.08 bits per heavy atom. The van der Waals surface area contributed by atoms with Crippen LogP contribution in [0.15, 0.2) is 12.4 Å². The first-order valence-corrected chi connectivity index (χ1v) is 9.27. The molecule has 1 aliphatic carbocycles. The standard InChI is InChI=1S/C18H31N5O/c1-22-8-10-23(11-9-22)18-20-13-15(14-21-18)12-19-16-6-4-3-5-7-17(16)24-2/h13-14,16-17,19H,3-12H2,1-2H3/t16-,17+/m0/s1. The zero-order valence-electron chi connectivity index (χ0n) is 15.1. The third kappa shape index (κ3) is 4.65. The van der Waals surface area contributed by atoms with Crippen LogP contribution in [-0.4, -0.2) is 67.4 Å². The number of ether oxygens (including phenoxy) is 1. The fraction of sp³-hybridized carbons (Fsp3) is 0.778. The van der Waals surface area contributed by atoms with Gasteiger partial charge in [0.05, 0.1) is 6.10 Å². The summed E-state index contributed by atoms with van der Waals surface area (Å²) in [6, 6.07) is 0.440. The molecule has 1 saturated carbocycles. The van der Waals surface area contributed by atoms with Crippen molar-refractivity contribution in [1.29, 1.82) is 0 Å². The molecule has 0 spiro atoms. The maximum Gasteiger partial charge on any atom is 0.225 e. The van der Waals surface area contributed by atoms with E-state index in [1.165, 1.54) is 25.7 Å². The summed E-state index contributed by atoms with van der Waals surface area (Å²) in [7, 11) is 3.99. The van der Waals surface area contributed by atoms with Crippen molar-refractivity contribution >= 4 is 5.95 Å². The predicted octanol–water partition coefficient (Wildman–Crippen LogP) is 1.67. The van der Waals surface area contributed by atoms with Gasteiger partial charge in [0, 0.05) is 63.8 Å². The smallest absolute Gasteiger partial charge is 0.225 e. The Labute approximate surface area is 145 Å². The SMILES string of the molecule is CO[C@@H]1CCCCC[C@@H]1NCc1cnc(N2CCN(C)CC2)nc1. The summed E-state index contributed by atoms with van der Waals surface area (Å²) in [6.07, 6.45) is 10.5. The molecule has 2 aliphatic rings. The van der Waals surface area contributed by atoms with E-state index in [1.54, 1.807) is 0 Å². The van der Waals surface area contributed by atoms with Crippen molar-refractivity contribution in [3.05, 3.63) is 18.0 Å². The molecule has 6 heteroatoms. The van der Waals surface area contributed by atoms with Crippen LogP contribution in [0.1, 0.15) is 37.7 Å². The van der Waals surface area contributed by atoms with Gasteiger partial charge in [0.2, 0.25) is 5.95 Å². The van der Waals surface area contributed by atoms with Crippen molar-refractivity contribution in [3.63, 3.8) is 0 Å². The lowest BCUT2D eigenvalue weighted by Gasteiger charge is -2.32. The second kappa shape index (κ2) is 8.74. The van der Waals surface area contributed by atoms with Gasteiger partial charge in [-0.05, 0) is 19.9 Å². The largest absolute Gasteiger partial charge is 0.380 e. The fourth-order valence-corrected chi connectivity index (χ4v) is 3.65. The lowest BCUT2D eigenvalue weighted by molar-refractivity contribution is 0.0625. The second-order valence-electron chi connectivity index (χ2n) is 7.08. The van der Waals surface area contributed by atoms with E-state index in [0.717, 1.165) is 50.7 Å². The van der Waals surface area contributed by atoms with Crippen LogP contribution in [0, 0.1) is 0 Å². The van der Waals surface area contributed by atoms with E-state index < -0.39 is 0 Å². The minimum atomic E-state index is 0.332. The molecule has 1 aromatic heterocycles. The van der Waals surface area contributed by atoms with Gasteiger partial charge < -0.3 is 19.9 Å². The summed E-state index contributed by atoms with van der Waals surface area (Å²) >= 11 is 0. The van der Waals surface area contributed by atoms with Crippen molar-refractivity contribution in [2.75, 3.05) is 45.2 Å². The Bertz CT molecular complexity index is 487. The van der Waals surface area contributed by atoms with Crippen molar-refractivity contribution in [3.8, 4) is 0 Å². The van der Waals surface area contributed by atoms with Crippen molar-refractivity contribution in [1.82, 2.24) is 20.2 Å². The van der Waals surface area contributed by atoms with E-state index in [4.69, 9.17) is 4.74 Å². The molecule has 1 N–H and O–H groups in total. The van der Waals surface area contributed by atoms with Crippen LogP contribution in [0.4, 0.5) is 5.95 Å². The average Bonchev–Trinajstić information content (AvgIpc) is 2.86. The molecule has 0 aromatic carbocycles. The van der Waals surface area contributed by atoms with E-state index in [2.05, 4.69) is 32.1 Å². The molecule has 0 bridgehead atoms. The Morgan fingerprint density at radius 3 is 2.50 bits per heavy atom. The van der Waals surface area contributed by atoms with Crippen LogP contribution in [0.5, 0.6) is 0 Å². The van der Waals surface area contributed by atoms with Crippen LogP contribution in [0.2, 0.25) is 0 Å². The highest BCUT2D eigenvalue weighted by atomic mass is 16.5. The summed E-state index contributed by atoms with van der Waals surface area (Å²) < 4.78 is 5.67. The van der Waals surface area contributed by atoms with Gasteiger partial charge in [-0.3, -0.25) is 0 Å². The van der Waals surface area contributed by atoms with E-state index >= 15 is 0 Å². The highest BCUT2D eigenvalue weighted by Gasteiger charge is 2.23. The fourth-order valence-electron chi connectivity index (χ4n) is 3.65. The van der Waals surface area contributed by atoms with E-state index in [-0.39, 0.29) is 0 Å². The minimum Gasteiger partial charge on any atom is -0.380 e. The number of methoxy groups -OCH3 is 1. The molecule has 24 heavy (non-hydrogen) atoms. The summed E-state index contributed by atoms with van der Waals surface area (Å²) in [5, 5.41) is 3.66. The molecule has 3 rings (SSSR count). The van der Waals surface area contributed by atoms with Crippen molar-refractivity contribution in [2.45, 2.75) is 50.8 Å². The molecule has 0 amide bonds. The van der Waals surface area contributed by atoms with Crippen LogP contribution >= 0.6 is 0 Å². The van der Waals surface area contributed by atoms with Gasteiger partial charge in [-0.1, -0.05) is 19.3 Å². The molecule has 0 unspecified atom stereocenters. The maximum absolute atomic E-state index is 5.67. The van der Waals surface area contributed by atoms with Crippen LogP contribution in [0.3, 0.4) is 0 Å². The van der Waals surface area contributed by atoms with Gasteiger partial charge >= 0.3 is 0 Å². The van der Waals surface area contributed by atoms with Gasteiger partial charge in [0.25, 0.3) is 0 Å². The monoisotopic (exact) mass is 333 g/mol. The van der Waals surface area contributed by atoms with E-state index in [9.17, 15) is 0 Å². The number of anilines is 1. The predicted molar refractivity (Wildman–Crippen MR) is 96.3 cm³/mol. The Morgan fingerprint density at radius 2 is 1.79 bits per heavy atom. The van der Waals surface area contributed by atoms with Gasteiger partial charge in [-0.15, -0.1) is 0 Å². The highest BCUT2D eigenvalue weighted by molar-refractivity contribution is 5.30. The highest BCUT2D eigenvalue weighted by Crippen LogP contribution is 2.20. The summed E-state index contributed by atoms with van der Waals surface area (Å²) in [5.74, 6) is 0.857. The molecule has 2 atom stereocenters. The molecule has 2 heterocycles. The van der Waals surface area contributed by atoms with Gasteiger partial charge in [0.15, 0.2) is 0 Å². The molecule has 2 fully saturated rings. The van der Waals surface area contributed by atoms with E-state index in [0.29, 0.717) is 12.1 Å². The lowest BCUT2D eigenvalue weighted by Crippen LogP contribution is -2.45. The van der Waals surface area contributed by atoms with Gasteiger partial charge in [0.1, 0.15) is 0 Å². The number of hydrogen-bond acceptors (Lipinski definition) is 6. The van der Waals surface area contributed by atoms with Gasteiger partial charge in [-0.2, -0.15) is 0 Å². The Balaban J connectivity index is 1.52. The Hall–Kier alpha value is -1.24. The molecular formula is C18H31N5O. The minimum absolute atomic E-state index is 0.332. The number of nitrogens with zero attached hydrogens (tertiary/aromatic N) is 4. The number of aromatic nitrogens is 2. The van der Waals surface area contributed by atoms with Crippen molar-refractivity contribution in [2.24, 2.45) is 0 Å². The first-order valence-electron chi connectivity index (χ1n) is 9.27. The van der Waals surface area contributed by atoms with E-state index in [1.807, 2.05) is 19.5 Å². The summed E-state index contributed by atoms with van der Waals surface area (Å²) in [6.45, 7) is 4.98. The molecule has 1 saturated heterocycles. The maximum atomic E-state index is 5.67. The molecule has 134 valence electrons. The Kier molecular flexibility index (Phi) is 6.40. The molecule has 0 radical (unpaired) electrons. The lowest BCUT2D eigenvalue weighted by atomic mass is 10.1. The summed E-state index contributed by atoms with van der Waals surface area (Å²) in [5.41, 5.74) is 1.15. The number of rotatable bonds is 5. The molecule has 1 aliphatic heterocycles. The second-order valence-corrected chi connectivity index (χ2v) is 7.08.